The molecule has 116 valence electrons. The third-order valence-electron chi connectivity index (χ3n) is 2.88. The minimum atomic E-state index is -0.266. The number of para-hydroxylation sites is 2. The van der Waals surface area contributed by atoms with E-state index in [-0.39, 0.29) is 5.91 Å². The lowest BCUT2D eigenvalue weighted by Gasteiger charge is -2.14. The molecule has 5 heteroatoms. The largest absolute Gasteiger partial charge is 0.491 e. The van der Waals surface area contributed by atoms with Gasteiger partial charge in [0, 0.05) is 4.47 Å². The molecule has 2 rings (SSSR count). The molecule has 0 radical (unpaired) electrons. The molecule has 0 saturated carbocycles. The van der Waals surface area contributed by atoms with E-state index in [1.54, 1.807) is 24.3 Å². The summed E-state index contributed by atoms with van der Waals surface area (Å²) in [4.78, 5) is 12.4. The summed E-state index contributed by atoms with van der Waals surface area (Å²) >= 11 is 9.43. The molecule has 0 saturated heterocycles. The number of nitrogens with one attached hydrogen (secondary N) is 1. The zero-order chi connectivity index (χ0) is 16.1. The third kappa shape index (κ3) is 4.49. The molecular weight excluding hydrogens is 366 g/mol. The van der Waals surface area contributed by atoms with Gasteiger partial charge in [0.2, 0.25) is 0 Å². The molecule has 0 fully saturated rings. The molecule has 0 spiro atoms. The molecule has 1 N–H and O–H groups in total. The van der Waals surface area contributed by atoms with Crippen molar-refractivity contribution in [2.75, 3.05) is 11.9 Å². The topological polar surface area (TPSA) is 38.3 Å². The van der Waals surface area contributed by atoms with E-state index >= 15 is 0 Å². The van der Waals surface area contributed by atoms with E-state index < -0.39 is 0 Å². The lowest BCUT2D eigenvalue weighted by atomic mass is 10.2. The second-order valence-electron chi connectivity index (χ2n) is 5.28. The summed E-state index contributed by atoms with van der Waals surface area (Å²) in [5.74, 6) is 0.792. The quantitative estimate of drug-likeness (QED) is 0.753. The van der Waals surface area contributed by atoms with Crippen LogP contribution in [0.25, 0.3) is 0 Å². The Kier molecular flexibility index (Phi) is 5.86. The Hall–Kier alpha value is -1.52. The summed E-state index contributed by atoms with van der Waals surface area (Å²) in [5.41, 5.74) is 1.05. The summed E-state index contributed by atoms with van der Waals surface area (Å²) in [6, 6.07) is 12.5. The number of benzene rings is 2. The fourth-order valence-electron chi connectivity index (χ4n) is 1.82. The highest BCUT2D eigenvalue weighted by Crippen LogP contribution is 2.27. The van der Waals surface area contributed by atoms with Gasteiger partial charge in [-0.2, -0.15) is 0 Å². The highest BCUT2D eigenvalue weighted by molar-refractivity contribution is 9.10. The van der Waals surface area contributed by atoms with Crippen molar-refractivity contribution in [1.82, 2.24) is 0 Å². The molecule has 0 atom stereocenters. The highest BCUT2D eigenvalue weighted by Gasteiger charge is 2.13. The summed E-state index contributed by atoms with van der Waals surface area (Å²) in [5, 5.41) is 3.24. The van der Waals surface area contributed by atoms with Gasteiger partial charge in [-0.05, 0) is 36.2 Å². The van der Waals surface area contributed by atoms with Gasteiger partial charge in [0.05, 0.1) is 22.9 Å². The molecule has 0 heterocycles. The molecule has 0 aromatic heterocycles. The Morgan fingerprint density at radius 1 is 1.27 bits per heavy atom. The van der Waals surface area contributed by atoms with Gasteiger partial charge in [-0.25, -0.2) is 0 Å². The van der Waals surface area contributed by atoms with Crippen LogP contribution < -0.4 is 10.1 Å². The average molecular weight is 383 g/mol. The molecule has 22 heavy (non-hydrogen) atoms. The zero-order valence-corrected chi connectivity index (χ0v) is 14.7. The Bertz CT molecular complexity index is 673. The number of halogens is 2. The van der Waals surface area contributed by atoms with E-state index in [0.29, 0.717) is 34.5 Å². The average Bonchev–Trinajstić information content (AvgIpc) is 2.46. The van der Waals surface area contributed by atoms with Crippen LogP contribution in [0, 0.1) is 5.92 Å². The summed E-state index contributed by atoms with van der Waals surface area (Å²) in [6.07, 6.45) is 0. The normalized spacial score (nSPS) is 10.6. The number of anilines is 1. The van der Waals surface area contributed by atoms with Crippen LogP contribution in [0.5, 0.6) is 5.75 Å². The smallest absolute Gasteiger partial charge is 0.257 e. The van der Waals surface area contributed by atoms with Gasteiger partial charge in [-0.3, -0.25) is 4.79 Å². The van der Waals surface area contributed by atoms with Crippen LogP contribution in [-0.2, 0) is 0 Å². The van der Waals surface area contributed by atoms with Crippen LogP contribution in [0.1, 0.15) is 24.2 Å². The minimum Gasteiger partial charge on any atom is -0.491 e. The maximum atomic E-state index is 12.4. The first-order valence-corrected chi connectivity index (χ1v) is 8.12. The minimum absolute atomic E-state index is 0.266. The Labute approximate surface area is 143 Å². The highest BCUT2D eigenvalue weighted by atomic mass is 79.9. The third-order valence-corrected chi connectivity index (χ3v) is 3.69. The maximum absolute atomic E-state index is 12.4. The van der Waals surface area contributed by atoms with Crippen molar-refractivity contribution < 1.29 is 9.53 Å². The summed E-state index contributed by atoms with van der Waals surface area (Å²) in [6.45, 7) is 4.73. The van der Waals surface area contributed by atoms with Gasteiger partial charge in [-0.1, -0.05) is 53.5 Å². The summed E-state index contributed by atoms with van der Waals surface area (Å²) < 4.78 is 6.56. The Morgan fingerprint density at radius 3 is 2.68 bits per heavy atom. The number of carbonyl (C=O) groups excluding carboxylic acids is 1. The van der Waals surface area contributed by atoms with Crippen molar-refractivity contribution in [3.05, 3.63) is 57.5 Å². The van der Waals surface area contributed by atoms with E-state index in [0.717, 1.165) is 4.47 Å². The summed E-state index contributed by atoms with van der Waals surface area (Å²) in [7, 11) is 0. The van der Waals surface area contributed by atoms with Gasteiger partial charge < -0.3 is 10.1 Å². The molecule has 0 aliphatic heterocycles. The molecule has 2 aromatic rings. The first kappa shape index (κ1) is 16.8. The molecule has 0 unspecified atom stereocenters. The predicted octanol–water partition coefficient (Wildman–Crippen LogP) is 5.39. The van der Waals surface area contributed by atoms with Gasteiger partial charge in [0.15, 0.2) is 0 Å². The van der Waals surface area contributed by atoms with E-state index in [4.69, 9.17) is 16.3 Å². The van der Waals surface area contributed by atoms with Crippen LogP contribution in [0.15, 0.2) is 46.9 Å². The molecule has 0 bridgehead atoms. The zero-order valence-electron chi connectivity index (χ0n) is 12.4. The van der Waals surface area contributed by atoms with E-state index in [1.807, 2.05) is 18.2 Å². The first-order valence-electron chi connectivity index (χ1n) is 6.95. The molecule has 1 amide bonds. The number of amides is 1. The van der Waals surface area contributed by atoms with Gasteiger partial charge in [0.1, 0.15) is 5.75 Å². The lowest BCUT2D eigenvalue weighted by Crippen LogP contribution is -2.14. The second-order valence-corrected chi connectivity index (χ2v) is 6.60. The second kappa shape index (κ2) is 7.65. The molecule has 0 aliphatic carbocycles. The van der Waals surface area contributed by atoms with Crippen molar-refractivity contribution in [3.8, 4) is 5.75 Å². The SMILES string of the molecule is CC(C)COc1ccccc1NC(=O)c1ccc(Br)cc1Cl. The number of rotatable bonds is 5. The van der Waals surface area contributed by atoms with Gasteiger partial charge >= 0.3 is 0 Å². The fraction of sp³-hybridized carbons (Fsp3) is 0.235. The Balaban J connectivity index is 2.17. The fourth-order valence-corrected chi connectivity index (χ4v) is 2.57. The van der Waals surface area contributed by atoms with Crippen LogP contribution in [-0.4, -0.2) is 12.5 Å². The van der Waals surface area contributed by atoms with Gasteiger partial charge in [-0.15, -0.1) is 0 Å². The standard InChI is InChI=1S/C17H17BrClNO2/c1-11(2)10-22-16-6-4-3-5-15(16)20-17(21)13-8-7-12(18)9-14(13)19/h3-9,11H,10H2,1-2H3,(H,20,21). The van der Waals surface area contributed by atoms with Crippen molar-refractivity contribution in [2.45, 2.75) is 13.8 Å². The van der Waals surface area contributed by atoms with E-state index in [2.05, 4.69) is 35.1 Å². The predicted molar refractivity (Wildman–Crippen MR) is 93.9 cm³/mol. The van der Waals surface area contributed by atoms with E-state index in [1.165, 1.54) is 0 Å². The lowest BCUT2D eigenvalue weighted by molar-refractivity contribution is 0.102. The number of hydrogen-bond donors (Lipinski definition) is 1. The monoisotopic (exact) mass is 381 g/mol. The van der Waals surface area contributed by atoms with Crippen LogP contribution in [0.3, 0.4) is 0 Å². The molecule has 0 aliphatic rings. The maximum Gasteiger partial charge on any atom is 0.257 e. The van der Waals surface area contributed by atoms with Crippen molar-refractivity contribution in [1.29, 1.82) is 0 Å². The van der Waals surface area contributed by atoms with Crippen LogP contribution >= 0.6 is 27.5 Å². The number of ether oxygens (including phenoxy) is 1. The van der Waals surface area contributed by atoms with Gasteiger partial charge in [0.25, 0.3) is 5.91 Å². The van der Waals surface area contributed by atoms with Crippen LogP contribution in [0.2, 0.25) is 5.02 Å². The first-order chi connectivity index (χ1) is 10.5. The van der Waals surface area contributed by atoms with Crippen LogP contribution in [0.4, 0.5) is 5.69 Å². The number of hydrogen-bond acceptors (Lipinski definition) is 2. The molecule has 2 aromatic carbocycles. The van der Waals surface area contributed by atoms with Crippen molar-refractivity contribution in [2.24, 2.45) is 5.92 Å². The molecule has 3 nitrogen and oxygen atoms in total. The number of carbonyl (C=O) groups is 1. The Morgan fingerprint density at radius 2 is 2.00 bits per heavy atom. The van der Waals surface area contributed by atoms with Crippen molar-refractivity contribution >= 4 is 39.1 Å². The van der Waals surface area contributed by atoms with E-state index in [9.17, 15) is 4.79 Å². The van der Waals surface area contributed by atoms with Crippen molar-refractivity contribution in [3.63, 3.8) is 0 Å². The molecular formula is C17H17BrClNO2.